The van der Waals surface area contributed by atoms with Crippen LogP contribution in [0.1, 0.15) is 23.6 Å². The summed E-state index contributed by atoms with van der Waals surface area (Å²) in [4.78, 5) is 4.43. The number of methoxy groups -OCH3 is 1. The third kappa shape index (κ3) is 3.10. The van der Waals surface area contributed by atoms with Crippen molar-refractivity contribution in [2.75, 3.05) is 7.11 Å². The predicted octanol–water partition coefficient (Wildman–Crippen LogP) is 3.96. The number of rotatable bonds is 3. The first-order valence-corrected chi connectivity index (χ1v) is 8.56. The van der Waals surface area contributed by atoms with E-state index < -0.39 is 0 Å². The van der Waals surface area contributed by atoms with E-state index in [0.717, 1.165) is 28.1 Å². The number of aromatic nitrogens is 1. The molecule has 5 heteroatoms. The van der Waals surface area contributed by atoms with Gasteiger partial charge in [0.05, 0.1) is 7.11 Å². The van der Waals surface area contributed by atoms with Crippen molar-refractivity contribution >= 4 is 27.7 Å². The third-order valence-electron chi connectivity index (χ3n) is 3.80. The molecule has 3 nitrogen and oxygen atoms in total. The number of benzene rings is 1. The third-order valence-corrected chi connectivity index (χ3v) is 6.08. The van der Waals surface area contributed by atoms with E-state index in [4.69, 9.17) is 10.5 Å². The van der Waals surface area contributed by atoms with Crippen molar-refractivity contribution in [2.24, 2.45) is 5.73 Å². The van der Waals surface area contributed by atoms with Crippen LogP contribution in [0.3, 0.4) is 0 Å². The zero-order valence-electron chi connectivity index (χ0n) is 11.8. The Hall–Kier alpha value is -1.04. The van der Waals surface area contributed by atoms with Gasteiger partial charge < -0.3 is 10.5 Å². The number of pyridine rings is 1. The number of fused-ring (bicyclic) bond motifs is 1. The Morgan fingerprint density at radius 2 is 2.24 bits per heavy atom. The number of halogens is 1. The lowest BCUT2D eigenvalue weighted by Gasteiger charge is -2.30. The largest absolute Gasteiger partial charge is 0.497 e. The summed E-state index contributed by atoms with van der Waals surface area (Å²) in [6.07, 6.45) is 3.90. The summed E-state index contributed by atoms with van der Waals surface area (Å²) in [7, 11) is 1.70. The number of nitrogens with two attached hydrogens (primary N) is 1. The lowest BCUT2D eigenvalue weighted by Crippen LogP contribution is -2.29. The zero-order chi connectivity index (χ0) is 14.8. The smallest absolute Gasteiger partial charge is 0.119 e. The zero-order valence-corrected chi connectivity index (χ0v) is 14.2. The van der Waals surface area contributed by atoms with Crippen molar-refractivity contribution in [2.45, 2.75) is 29.2 Å². The fraction of sp³-hybridized carbons (Fsp3) is 0.312. The Labute approximate surface area is 137 Å². The molecule has 0 saturated carbocycles. The molecule has 110 valence electrons. The Bertz CT molecular complexity index is 650. The van der Waals surface area contributed by atoms with Crippen molar-refractivity contribution < 1.29 is 4.74 Å². The van der Waals surface area contributed by atoms with Crippen LogP contribution in [0.4, 0.5) is 0 Å². The fourth-order valence-corrected chi connectivity index (χ4v) is 4.32. The first-order valence-electron chi connectivity index (χ1n) is 6.88. The Morgan fingerprint density at radius 3 is 3.00 bits per heavy atom. The minimum atomic E-state index is 0.0264. The van der Waals surface area contributed by atoms with Gasteiger partial charge in [0.25, 0.3) is 0 Å². The first-order chi connectivity index (χ1) is 10.2. The lowest BCUT2D eigenvalue weighted by molar-refractivity contribution is 0.413. The number of nitrogens with zero attached hydrogens (tertiary/aromatic N) is 1. The fourth-order valence-electron chi connectivity index (χ4n) is 2.66. The number of thioether (sulfide) groups is 1. The molecule has 0 amide bonds. The van der Waals surface area contributed by atoms with E-state index in [0.29, 0.717) is 5.25 Å². The summed E-state index contributed by atoms with van der Waals surface area (Å²) in [5.41, 5.74) is 9.01. The predicted molar refractivity (Wildman–Crippen MR) is 89.8 cm³/mol. The van der Waals surface area contributed by atoms with Crippen LogP contribution in [0.2, 0.25) is 0 Å². The standard InChI is InChI=1S/C16H17BrN2OS/c1-20-11-5-6-12-10(9-11)4-7-14(15(12)18)21-16-13(17)3-2-8-19-16/h2-3,5-6,8-9,14-15H,4,7,18H2,1H3. The molecule has 21 heavy (non-hydrogen) atoms. The van der Waals surface area contributed by atoms with Crippen molar-refractivity contribution in [3.05, 3.63) is 52.1 Å². The molecule has 0 bridgehead atoms. The summed E-state index contributed by atoms with van der Waals surface area (Å²) < 4.78 is 6.32. The quantitative estimate of drug-likeness (QED) is 0.895. The van der Waals surface area contributed by atoms with Crippen LogP contribution >= 0.6 is 27.7 Å². The molecule has 0 radical (unpaired) electrons. The SMILES string of the molecule is COc1ccc2c(c1)CCC(Sc1ncccc1Br)C2N. The molecule has 1 heterocycles. The van der Waals surface area contributed by atoms with E-state index in [-0.39, 0.29) is 6.04 Å². The van der Waals surface area contributed by atoms with Gasteiger partial charge in [0.15, 0.2) is 0 Å². The molecule has 0 fully saturated rings. The highest BCUT2D eigenvalue weighted by Crippen LogP contribution is 2.40. The van der Waals surface area contributed by atoms with Crippen LogP contribution in [0, 0.1) is 0 Å². The summed E-state index contributed by atoms with van der Waals surface area (Å²) in [5.74, 6) is 0.902. The highest BCUT2D eigenvalue weighted by atomic mass is 79.9. The van der Waals surface area contributed by atoms with Crippen molar-refractivity contribution in [1.82, 2.24) is 4.98 Å². The van der Waals surface area contributed by atoms with Crippen LogP contribution in [0.15, 0.2) is 46.0 Å². The van der Waals surface area contributed by atoms with Gasteiger partial charge in [0.1, 0.15) is 10.8 Å². The molecule has 2 aromatic rings. The van der Waals surface area contributed by atoms with Crippen LogP contribution in [-0.2, 0) is 6.42 Å². The van der Waals surface area contributed by atoms with E-state index >= 15 is 0 Å². The van der Waals surface area contributed by atoms with Crippen molar-refractivity contribution in [1.29, 1.82) is 0 Å². The average molecular weight is 365 g/mol. The van der Waals surface area contributed by atoms with Gasteiger partial charge in [-0.25, -0.2) is 4.98 Å². The maximum absolute atomic E-state index is 6.48. The number of aryl methyl sites for hydroxylation is 1. The van der Waals surface area contributed by atoms with E-state index in [9.17, 15) is 0 Å². The van der Waals surface area contributed by atoms with Gasteiger partial charge in [-0.05, 0) is 64.2 Å². The summed E-state index contributed by atoms with van der Waals surface area (Å²) in [5, 5.41) is 1.35. The van der Waals surface area contributed by atoms with Crippen LogP contribution in [-0.4, -0.2) is 17.3 Å². The van der Waals surface area contributed by atoms with Crippen molar-refractivity contribution in [3.8, 4) is 5.75 Å². The van der Waals surface area contributed by atoms with Gasteiger partial charge in [0, 0.05) is 22.0 Å². The summed E-state index contributed by atoms with van der Waals surface area (Å²) in [6.45, 7) is 0. The van der Waals surface area contributed by atoms with Crippen LogP contribution < -0.4 is 10.5 Å². The second-order valence-corrected chi connectivity index (χ2v) is 7.16. The second-order valence-electron chi connectivity index (χ2n) is 5.08. The maximum atomic E-state index is 6.48. The van der Waals surface area contributed by atoms with Gasteiger partial charge in [-0.1, -0.05) is 17.8 Å². The molecule has 1 aromatic carbocycles. The summed E-state index contributed by atoms with van der Waals surface area (Å²) >= 11 is 5.31. The molecule has 1 aliphatic carbocycles. The van der Waals surface area contributed by atoms with Crippen molar-refractivity contribution in [3.63, 3.8) is 0 Å². The monoisotopic (exact) mass is 364 g/mol. The topological polar surface area (TPSA) is 48.1 Å². The molecule has 0 saturated heterocycles. The number of hydrogen-bond donors (Lipinski definition) is 1. The highest BCUT2D eigenvalue weighted by molar-refractivity contribution is 9.10. The molecule has 3 rings (SSSR count). The lowest BCUT2D eigenvalue weighted by atomic mass is 9.87. The van der Waals surface area contributed by atoms with E-state index in [1.807, 2.05) is 24.4 Å². The average Bonchev–Trinajstić information content (AvgIpc) is 2.51. The van der Waals surface area contributed by atoms with Crippen LogP contribution in [0.5, 0.6) is 5.75 Å². The Balaban J connectivity index is 1.82. The maximum Gasteiger partial charge on any atom is 0.119 e. The van der Waals surface area contributed by atoms with Crippen LogP contribution in [0.25, 0.3) is 0 Å². The molecule has 0 spiro atoms. The van der Waals surface area contributed by atoms with Gasteiger partial charge in [-0.15, -0.1) is 0 Å². The minimum absolute atomic E-state index is 0.0264. The summed E-state index contributed by atoms with van der Waals surface area (Å²) in [6, 6.07) is 10.2. The van der Waals surface area contributed by atoms with E-state index in [1.54, 1.807) is 18.9 Å². The molecule has 1 aromatic heterocycles. The molecule has 2 N–H and O–H groups in total. The Morgan fingerprint density at radius 1 is 1.38 bits per heavy atom. The van der Waals surface area contributed by atoms with Gasteiger partial charge >= 0.3 is 0 Å². The molecular formula is C16H17BrN2OS. The normalized spacial score (nSPS) is 20.9. The van der Waals surface area contributed by atoms with E-state index in [1.165, 1.54) is 11.1 Å². The number of hydrogen-bond acceptors (Lipinski definition) is 4. The van der Waals surface area contributed by atoms with E-state index in [2.05, 4.69) is 33.0 Å². The second kappa shape index (κ2) is 6.38. The van der Waals surface area contributed by atoms with Gasteiger partial charge in [-0.2, -0.15) is 0 Å². The minimum Gasteiger partial charge on any atom is -0.497 e. The molecule has 2 atom stereocenters. The first kappa shape index (κ1) is 14.9. The molecule has 1 aliphatic rings. The van der Waals surface area contributed by atoms with Gasteiger partial charge in [0.2, 0.25) is 0 Å². The number of ether oxygens (including phenoxy) is 1. The molecule has 2 unspecified atom stereocenters. The Kier molecular flexibility index (Phi) is 4.52. The van der Waals surface area contributed by atoms with Gasteiger partial charge in [-0.3, -0.25) is 0 Å². The molecular weight excluding hydrogens is 348 g/mol. The highest BCUT2D eigenvalue weighted by Gasteiger charge is 2.28. The molecule has 0 aliphatic heterocycles.